The van der Waals surface area contributed by atoms with Gasteiger partial charge in [-0.05, 0) is 45.8 Å². The number of aromatic nitrogens is 1. The fourth-order valence-corrected chi connectivity index (χ4v) is 1.84. The topological polar surface area (TPSA) is 56.9 Å². The maximum absolute atomic E-state index is 10.1. The molecular weight excluding hydrogens is 280 g/mol. The second-order valence-electron chi connectivity index (χ2n) is 3.52. The van der Waals surface area contributed by atoms with Crippen molar-refractivity contribution in [2.24, 2.45) is 0 Å². The van der Waals surface area contributed by atoms with Gasteiger partial charge in [-0.1, -0.05) is 18.2 Å². The van der Waals surface area contributed by atoms with Gasteiger partial charge in [-0.2, -0.15) is 5.26 Å². The molecule has 0 fully saturated rings. The number of benzene rings is 1. The first-order valence-electron chi connectivity index (χ1n) is 5.01. The van der Waals surface area contributed by atoms with Crippen molar-refractivity contribution in [2.75, 3.05) is 0 Å². The van der Waals surface area contributed by atoms with Gasteiger partial charge in [0.25, 0.3) is 0 Å². The standard InChI is InChI=1S/C13H9BrN2O/c14-12-3-1-2-11(16-12)13(17)10-6-4-9(8-15)5-7-10/h1-7,13,17H. The number of rotatable bonds is 2. The molecule has 0 spiro atoms. The van der Waals surface area contributed by atoms with Crippen molar-refractivity contribution >= 4 is 15.9 Å². The van der Waals surface area contributed by atoms with Crippen LogP contribution in [0.5, 0.6) is 0 Å². The van der Waals surface area contributed by atoms with Crippen molar-refractivity contribution < 1.29 is 5.11 Å². The Kier molecular flexibility index (Phi) is 3.52. The third kappa shape index (κ3) is 2.70. The summed E-state index contributed by atoms with van der Waals surface area (Å²) in [6.07, 6.45) is -0.778. The molecule has 4 heteroatoms. The third-order valence-corrected chi connectivity index (χ3v) is 2.81. The molecule has 0 saturated carbocycles. The van der Waals surface area contributed by atoms with E-state index in [1.165, 1.54) is 0 Å². The van der Waals surface area contributed by atoms with Crippen LogP contribution in [-0.2, 0) is 0 Å². The zero-order valence-corrected chi connectivity index (χ0v) is 10.4. The number of nitrogens with zero attached hydrogens (tertiary/aromatic N) is 2. The quantitative estimate of drug-likeness (QED) is 0.865. The Hall–Kier alpha value is -1.70. The highest BCUT2D eigenvalue weighted by Gasteiger charge is 2.11. The average Bonchev–Trinajstić information content (AvgIpc) is 2.38. The lowest BCUT2D eigenvalue weighted by Gasteiger charge is -2.10. The van der Waals surface area contributed by atoms with Crippen molar-refractivity contribution in [1.29, 1.82) is 5.26 Å². The molecule has 0 radical (unpaired) electrons. The SMILES string of the molecule is N#Cc1ccc(C(O)c2cccc(Br)n2)cc1. The van der Waals surface area contributed by atoms with Gasteiger partial charge < -0.3 is 5.11 Å². The Morgan fingerprint density at radius 3 is 2.47 bits per heavy atom. The Morgan fingerprint density at radius 1 is 1.18 bits per heavy atom. The molecule has 17 heavy (non-hydrogen) atoms. The van der Waals surface area contributed by atoms with Gasteiger partial charge in [0.05, 0.1) is 17.3 Å². The second kappa shape index (κ2) is 5.09. The molecule has 0 aliphatic carbocycles. The van der Waals surface area contributed by atoms with Crippen LogP contribution in [0.4, 0.5) is 0 Å². The molecule has 3 nitrogen and oxygen atoms in total. The van der Waals surface area contributed by atoms with Crippen molar-refractivity contribution in [3.63, 3.8) is 0 Å². The van der Waals surface area contributed by atoms with Gasteiger partial charge in [0.15, 0.2) is 0 Å². The van der Waals surface area contributed by atoms with E-state index in [4.69, 9.17) is 5.26 Å². The fourth-order valence-electron chi connectivity index (χ4n) is 1.49. The molecule has 1 aromatic carbocycles. The number of nitriles is 1. The summed E-state index contributed by atoms with van der Waals surface area (Å²) in [4.78, 5) is 4.19. The van der Waals surface area contributed by atoms with Crippen LogP contribution in [0.1, 0.15) is 22.9 Å². The number of hydrogen-bond donors (Lipinski definition) is 1. The van der Waals surface area contributed by atoms with Crippen LogP contribution in [0.25, 0.3) is 0 Å². The molecule has 1 N–H and O–H groups in total. The first-order valence-corrected chi connectivity index (χ1v) is 5.80. The zero-order valence-electron chi connectivity index (χ0n) is 8.84. The molecule has 1 aromatic heterocycles. The molecule has 0 bridgehead atoms. The van der Waals surface area contributed by atoms with Crippen LogP contribution in [0.3, 0.4) is 0 Å². The van der Waals surface area contributed by atoms with Crippen LogP contribution < -0.4 is 0 Å². The van der Waals surface area contributed by atoms with E-state index in [-0.39, 0.29) is 0 Å². The normalized spacial score (nSPS) is 11.8. The minimum Gasteiger partial charge on any atom is -0.382 e. The largest absolute Gasteiger partial charge is 0.382 e. The lowest BCUT2D eigenvalue weighted by Crippen LogP contribution is -2.02. The van der Waals surface area contributed by atoms with Crippen LogP contribution in [-0.4, -0.2) is 10.1 Å². The van der Waals surface area contributed by atoms with Crippen LogP contribution in [0.15, 0.2) is 47.1 Å². The fraction of sp³-hybridized carbons (Fsp3) is 0.0769. The Labute approximate surface area is 107 Å². The smallest absolute Gasteiger partial charge is 0.121 e. The van der Waals surface area contributed by atoms with Crippen LogP contribution in [0, 0.1) is 11.3 Å². The van der Waals surface area contributed by atoms with Gasteiger partial charge in [0, 0.05) is 0 Å². The summed E-state index contributed by atoms with van der Waals surface area (Å²) in [5, 5.41) is 18.8. The molecule has 0 saturated heterocycles. The van der Waals surface area contributed by atoms with E-state index < -0.39 is 6.10 Å². The Balaban J connectivity index is 2.30. The second-order valence-corrected chi connectivity index (χ2v) is 4.33. The summed E-state index contributed by atoms with van der Waals surface area (Å²) in [7, 11) is 0. The highest BCUT2D eigenvalue weighted by molar-refractivity contribution is 9.10. The highest BCUT2D eigenvalue weighted by Crippen LogP contribution is 2.21. The first kappa shape index (κ1) is 11.8. The minimum absolute atomic E-state index is 0.572. The number of halogens is 1. The van der Waals surface area contributed by atoms with Crippen LogP contribution in [0.2, 0.25) is 0 Å². The Morgan fingerprint density at radius 2 is 1.88 bits per heavy atom. The summed E-state index contributed by atoms with van der Waals surface area (Å²) in [6, 6.07) is 14.2. The monoisotopic (exact) mass is 288 g/mol. The van der Waals surface area contributed by atoms with Gasteiger partial charge >= 0.3 is 0 Å². The van der Waals surface area contributed by atoms with Gasteiger partial charge in [0.2, 0.25) is 0 Å². The first-order chi connectivity index (χ1) is 8.20. The summed E-state index contributed by atoms with van der Waals surface area (Å²) < 4.78 is 0.683. The van der Waals surface area contributed by atoms with E-state index in [9.17, 15) is 5.11 Å². The number of hydrogen-bond acceptors (Lipinski definition) is 3. The molecule has 84 valence electrons. The molecular formula is C13H9BrN2O. The molecule has 1 unspecified atom stereocenters. The van der Waals surface area contributed by atoms with E-state index in [1.54, 1.807) is 36.4 Å². The van der Waals surface area contributed by atoms with E-state index in [0.717, 1.165) is 5.56 Å². The maximum atomic E-state index is 10.1. The summed E-state index contributed by atoms with van der Waals surface area (Å²) in [6.45, 7) is 0. The molecule has 0 aliphatic heterocycles. The van der Waals surface area contributed by atoms with Crippen molar-refractivity contribution in [3.8, 4) is 6.07 Å². The van der Waals surface area contributed by atoms with Gasteiger partial charge in [0.1, 0.15) is 10.7 Å². The summed E-state index contributed by atoms with van der Waals surface area (Å²) >= 11 is 3.26. The number of pyridine rings is 1. The van der Waals surface area contributed by atoms with E-state index >= 15 is 0 Å². The molecule has 2 aromatic rings. The van der Waals surface area contributed by atoms with E-state index in [0.29, 0.717) is 15.9 Å². The number of aliphatic hydroxyl groups is 1. The lowest BCUT2D eigenvalue weighted by molar-refractivity contribution is 0.215. The highest BCUT2D eigenvalue weighted by atomic mass is 79.9. The predicted octanol–water partition coefficient (Wildman–Crippen LogP) is 2.80. The number of aliphatic hydroxyl groups excluding tert-OH is 1. The van der Waals surface area contributed by atoms with Gasteiger partial charge in [-0.3, -0.25) is 0 Å². The van der Waals surface area contributed by atoms with E-state index in [1.807, 2.05) is 12.1 Å². The van der Waals surface area contributed by atoms with E-state index in [2.05, 4.69) is 20.9 Å². The lowest BCUT2D eigenvalue weighted by atomic mass is 10.0. The van der Waals surface area contributed by atoms with Crippen molar-refractivity contribution in [1.82, 2.24) is 4.98 Å². The molecule has 1 atom stereocenters. The summed E-state index contributed by atoms with van der Waals surface area (Å²) in [5.74, 6) is 0. The maximum Gasteiger partial charge on any atom is 0.121 e. The minimum atomic E-state index is -0.778. The Bertz CT molecular complexity index is 560. The molecule has 2 rings (SSSR count). The molecule has 0 aliphatic rings. The van der Waals surface area contributed by atoms with Gasteiger partial charge in [-0.15, -0.1) is 0 Å². The van der Waals surface area contributed by atoms with Crippen molar-refractivity contribution in [3.05, 3.63) is 63.9 Å². The molecule has 0 amide bonds. The third-order valence-electron chi connectivity index (χ3n) is 2.37. The average molecular weight is 289 g/mol. The van der Waals surface area contributed by atoms with Crippen LogP contribution >= 0.6 is 15.9 Å². The van der Waals surface area contributed by atoms with Crippen molar-refractivity contribution in [2.45, 2.75) is 6.10 Å². The summed E-state index contributed by atoms with van der Waals surface area (Å²) in [5.41, 5.74) is 1.86. The van der Waals surface area contributed by atoms with Gasteiger partial charge in [-0.25, -0.2) is 4.98 Å². The molecule has 1 heterocycles. The predicted molar refractivity (Wildman–Crippen MR) is 67.2 cm³/mol. The zero-order chi connectivity index (χ0) is 12.3.